The summed E-state index contributed by atoms with van der Waals surface area (Å²) in [6, 6.07) is 0. The predicted octanol–water partition coefficient (Wildman–Crippen LogP) is 3.30. The molecule has 1 nitrogen and oxygen atoms in total. The third-order valence-electron chi connectivity index (χ3n) is 2.43. The summed E-state index contributed by atoms with van der Waals surface area (Å²) in [5, 5.41) is 0. The lowest BCUT2D eigenvalue weighted by Gasteiger charge is -2.44. The second-order valence-electron chi connectivity index (χ2n) is 4.40. The van der Waals surface area contributed by atoms with Gasteiger partial charge < -0.3 is 4.74 Å². The number of ether oxygens (including phenoxy) is 1. The molecule has 0 amide bonds. The molecule has 12 heavy (non-hydrogen) atoms. The number of rotatable bonds is 3. The Morgan fingerprint density at radius 1 is 1.58 bits per heavy atom. The Hall–Kier alpha value is -0.300. The van der Waals surface area contributed by atoms with E-state index in [1.165, 1.54) is 18.4 Å². The van der Waals surface area contributed by atoms with Crippen molar-refractivity contribution in [3.63, 3.8) is 0 Å². The Morgan fingerprint density at radius 3 is 2.58 bits per heavy atom. The standard InChI is InChI=1S/C11H20O/c1-9(2)6-5-7-11(4)8-10(3)12-11/h6,10H,5,7-8H2,1-4H3. The van der Waals surface area contributed by atoms with Crippen LogP contribution in [0.2, 0.25) is 0 Å². The molecule has 0 aromatic carbocycles. The van der Waals surface area contributed by atoms with Gasteiger partial charge in [-0.05, 0) is 40.5 Å². The Morgan fingerprint density at radius 2 is 2.17 bits per heavy atom. The molecule has 0 radical (unpaired) electrons. The van der Waals surface area contributed by atoms with Gasteiger partial charge in [-0.2, -0.15) is 0 Å². The van der Waals surface area contributed by atoms with Gasteiger partial charge in [0.2, 0.25) is 0 Å². The van der Waals surface area contributed by atoms with Crippen LogP contribution in [0.3, 0.4) is 0 Å². The van der Waals surface area contributed by atoms with Gasteiger partial charge in [0.15, 0.2) is 0 Å². The van der Waals surface area contributed by atoms with E-state index in [1.807, 2.05) is 0 Å². The largest absolute Gasteiger partial charge is 0.372 e. The molecule has 0 aliphatic carbocycles. The van der Waals surface area contributed by atoms with Crippen molar-refractivity contribution in [2.24, 2.45) is 0 Å². The van der Waals surface area contributed by atoms with E-state index in [2.05, 4.69) is 33.8 Å². The molecule has 2 atom stereocenters. The third kappa shape index (κ3) is 2.63. The summed E-state index contributed by atoms with van der Waals surface area (Å²) in [5.74, 6) is 0. The van der Waals surface area contributed by atoms with E-state index >= 15 is 0 Å². The van der Waals surface area contributed by atoms with Crippen molar-refractivity contribution < 1.29 is 4.74 Å². The van der Waals surface area contributed by atoms with E-state index in [0.29, 0.717) is 6.10 Å². The molecule has 1 heteroatoms. The van der Waals surface area contributed by atoms with Crippen LogP contribution < -0.4 is 0 Å². The zero-order chi connectivity index (χ0) is 9.19. The molecule has 0 N–H and O–H groups in total. The first-order valence-electron chi connectivity index (χ1n) is 4.83. The topological polar surface area (TPSA) is 9.23 Å². The SMILES string of the molecule is CC(C)=CCCC1(C)CC(C)O1. The Kier molecular flexibility index (Phi) is 2.94. The first-order valence-corrected chi connectivity index (χ1v) is 4.83. The number of hydrogen-bond acceptors (Lipinski definition) is 1. The van der Waals surface area contributed by atoms with Crippen LogP contribution >= 0.6 is 0 Å². The average Bonchev–Trinajstić information content (AvgIpc) is 1.83. The highest BCUT2D eigenvalue weighted by Crippen LogP contribution is 2.35. The van der Waals surface area contributed by atoms with Gasteiger partial charge in [-0.15, -0.1) is 0 Å². The van der Waals surface area contributed by atoms with Gasteiger partial charge in [-0.25, -0.2) is 0 Å². The maximum absolute atomic E-state index is 5.68. The monoisotopic (exact) mass is 168 g/mol. The van der Waals surface area contributed by atoms with Crippen LogP contribution in [-0.2, 0) is 4.74 Å². The van der Waals surface area contributed by atoms with Crippen LogP contribution in [0, 0.1) is 0 Å². The molecule has 1 fully saturated rings. The van der Waals surface area contributed by atoms with Crippen molar-refractivity contribution in [3.05, 3.63) is 11.6 Å². The molecule has 0 spiro atoms. The van der Waals surface area contributed by atoms with Crippen molar-refractivity contribution in [1.29, 1.82) is 0 Å². The summed E-state index contributed by atoms with van der Waals surface area (Å²) >= 11 is 0. The smallest absolute Gasteiger partial charge is 0.0685 e. The third-order valence-corrected chi connectivity index (χ3v) is 2.43. The minimum absolute atomic E-state index is 0.186. The Balaban J connectivity index is 2.20. The quantitative estimate of drug-likeness (QED) is 0.587. The fourth-order valence-corrected chi connectivity index (χ4v) is 1.91. The van der Waals surface area contributed by atoms with Gasteiger partial charge >= 0.3 is 0 Å². The zero-order valence-electron chi connectivity index (χ0n) is 8.68. The van der Waals surface area contributed by atoms with Gasteiger partial charge in [0.1, 0.15) is 0 Å². The van der Waals surface area contributed by atoms with Crippen LogP contribution in [0.4, 0.5) is 0 Å². The van der Waals surface area contributed by atoms with E-state index < -0.39 is 0 Å². The number of allylic oxidation sites excluding steroid dienone is 2. The number of hydrogen-bond donors (Lipinski definition) is 0. The fraction of sp³-hybridized carbons (Fsp3) is 0.818. The maximum Gasteiger partial charge on any atom is 0.0685 e. The molecule has 1 rings (SSSR count). The second-order valence-corrected chi connectivity index (χ2v) is 4.40. The highest BCUT2D eigenvalue weighted by atomic mass is 16.5. The van der Waals surface area contributed by atoms with Crippen LogP contribution in [0.1, 0.15) is 47.0 Å². The molecule has 1 saturated heterocycles. The Labute approximate surface area is 75.8 Å². The van der Waals surface area contributed by atoms with Gasteiger partial charge in [0.05, 0.1) is 11.7 Å². The molecule has 1 aliphatic heterocycles. The van der Waals surface area contributed by atoms with E-state index in [0.717, 1.165) is 6.42 Å². The molecule has 70 valence electrons. The lowest BCUT2D eigenvalue weighted by molar-refractivity contribution is -0.189. The minimum Gasteiger partial charge on any atom is -0.372 e. The maximum atomic E-state index is 5.68. The lowest BCUT2D eigenvalue weighted by Crippen LogP contribution is -2.46. The lowest BCUT2D eigenvalue weighted by atomic mass is 9.87. The fourth-order valence-electron chi connectivity index (χ4n) is 1.91. The molecular weight excluding hydrogens is 148 g/mol. The van der Waals surface area contributed by atoms with Crippen molar-refractivity contribution >= 4 is 0 Å². The van der Waals surface area contributed by atoms with Crippen molar-refractivity contribution in [3.8, 4) is 0 Å². The van der Waals surface area contributed by atoms with Crippen LogP contribution in [0.25, 0.3) is 0 Å². The summed E-state index contributed by atoms with van der Waals surface area (Å²) in [5.41, 5.74) is 1.59. The van der Waals surface area contributed by atoms with Crippen LogP contribution in [-0.4, -0.2) is 11.7 Å². The molecule has 2 unspecified atom stereocenters. The highest BCUT2D eigenvalue weighted by molar-refractivity contribution is 4.96. The van der Waals surface area contributed by atoms with Crippen LogP contribution in [0.5, 0.6) is 0 Å². The van der Waals surface area contributed by atoms with Crippen molar-refractivity contribution in [1.82, 2.24) is 0 Å². The predicted molar refractivity (Wildman–Crippen MR) is 52.2 cm³/mol. The summed E-state index contributed by atoms with van der Waals surface area (Å²) in [4.78, 5) is 0. The summed E-state index contributed by atoms with van der Waals surface area (Å²) in [6.07, 6.45) is 6.33. The Bertz CT molecular complexity index is 171. The van der Waals surface area contributed by atoms with E-state index in [4.69, 9.17) is 4.74 Å². The van der Waals surface area contributed by atoms with E-state index in [-0.39, 0.29) is 5.60 Å². The summed E-state index contributed by atoms with van der Waals surface area (Å²) in [6.45, 7) is 8.65. The van der Waals surface area contributed by atoms with Crippen molar-refractivity contribution in [2.45, 2.75) is 58.7 Å². The average molecular weight is 168 g/mol. The van der Waals surface area contributed by atoms with Crippen LogP contribution in [0.15, 0.2) is 11.6 Å². The van der Waals surface area contributed by atoms with Gasteiger partial charge in [0, 0.05) is 6.42 Å². The van der Waals surface area contributed by atoms with Crippen molar-refractivity contribution in [2.75, 3.05) is 0 Å². The molecule has 1 heterocycles. The second kappa shape index (κ2) is 3.61. The normalized spacial score (nSPS) is 34.2. The molecular formula is C11H20O. The molecule has 0 bridgehead atoms. The summed E-state index contributed by atoms with van der Waals surface area (Å²) < 4.78 is 5.68. The first kappa shape index (κ1) is 9.79. The summed E-state index contributed by atoms with van der Waals surface area (Å²) in [7, 11) is 0. The van der Waals surface area contributed by atoms with Gasteiger partial charge in [-0.3, -0.25) is 0 Å². The first-order chi connectivity index (χ1) is 5.52. The van der Waals surface area contributed by atoms with Gasteiger partial charge in [0.25, 0.3) is 0 Å². The molecule has 0 saturated carbocycles. The molecule has 0 aromatic rings. The van der Waals surface area contributed by atoms with E-state index in [9.17, 15) is 0 Å². The zero-order valence-corrected chi connectivity index (χ0v) is 8.68. The minimum atomic E-state index is 0.186. The highest BCUT2D eigenvalue weighted by Gasteiger charge is 2.37. The molecule has 1 aliphatic rings. The molecule has 0 aromatic heterocycles. The van der Waals surface area contributed by atoms with Gasteiger partial charge in [-0.1, -0.05) is 11.6 Å². The van der Waals surface area contributed by atoms with E-state index in [1.54, 1.807) is 0 Å².